The van der Waals surface area contributed by atoms with Gasteiger partial charge >= 0.3 is 5.69 Å². The molecule has 0 bridgehead atoms. The molecule has 0 atom stereocenters. The van der Waals surface area contributed by atoms with Crippen LogP contribution in [-0.4, -0.2) is 22.9 Å². The van der Waals surface area contributed by atoms with Gasteiger partial charge < -0.3 is 9.84 Å². The van der Waals surface area contributed by atoms with Gasteiger partial charge in [-0.2, -0.15) is 4.39 Å². The average molecular weight is 309 g/mol. The van der Waals surface area contributed by atoms with E-state index in [1.807, 2.05) is 0 Å². The molecule has 2 rings (SSSR count). The molecule has 0 spiro atoms. The summed E-state index contributed by atoms with van der Waals surface area (Å²) in [6, 6.07) is 7.12. The molecule has 0 saturated carbocycles. The molecule has 8 heteroatoms. The number of carbonyl (C=O) groups is 1. The molecule has 0 radical (unpaired) electrons. The summed E-state index contributed by atoms with van der Waals surface area (Å²) in [5.41, 5.74) is -2.65. The normalized spacial score (nSPS) is 10.3. The molecule has 0 aliphatic carbocycles. The van der Waals surface area contributed by atoms with Crippen LogP contribution in [-0.2, 0) is 0 Å². The van der Waals surface area contributed by atoms with E-state index >= 15 is 0 Å². The van der Waals surface area contributed by atoms with Gasteiger partial charge in [0.1, 0.15) is 5.56 Å². The van der Waals surface area contributed by atoms with Gasteiger partial charge in [-0.3, -0.25) is 14.9 Å². The Morgan fingerprint density at radius 1 is 1.23 bits per heavy atom. The lowest BCUT2D eigenvalue weighted by atomic mass is 10.0. The number of halogens is 2. The van der Waals surface area contributed by atoms with Gasteiger partial charge in [0, 0.05) is 5.56 Å². The molecule has 22 heavy (non-hydrogen) atoms. The fourth-order valence-corrected chi connectivity index (χ4v) is 1.93. The second-order valence-electron chi connectivity index (χ2n) is 4.19. The number of ketones is 1. The van der Waals surface area contributed by atoms with Crippen molar-refractivity contribution in [3.05, 3.63) is 63.2 Å². The summed E-state index contributed by atoms with van der Waals surface area (Å²) in [6.45, 7) is 0. The Balaban J connectivity index is 2.78. The Hall–Kier alpha value is -3.03. The number of methoxy groups -OCH3 is 1. The Bertz CT molecular complexity index is 762. The molecule has 114 valence electrons. The van der Waals surface area contributed by atoms with Crippen molar-refractivity contribution in [2.24, 2.45) is 0 Å². The highest BCUT2D eigenvalue weighted by Crippen LogP contribution is 2.42. The van der Waals surface area contributed by atoms with Gasteiger partial charge in [0.15, 0.2) is 11.6 Å². The molecule has 2 aromatic rings. The summed E-state index contributed by atoms with van der Waals surface area (Å²) in [7, 11) is 0.927. The fraction of sp³-hybridized carbons (Fsp3) is 0.0714. The third-order valence-electron chi connectivity index (χ3n) is 2.94. The number of carbonyl (C=O) groups excluding carboxylic acids is 1. The molecule has 6 nitrogen and oxygen atoms in total. The minimum Gasteiger partial charge on any atom is -0.499 e. The van der Waals surface area contributed by atoms with Gasteiger partial charge in [-0.25, -0.2) is 4.39 Å². The monoisotopic (exact) mass is 309 g/mol. The number of phenolic OH excluding ortho intramolecular Hbond substituents is 1. The van der Waals surface area contributed by atoms with E-state index in [0.717, 1.165) is 7.11 Å². The van der Waals surface area contributed by atoms with Crippen LogP contribution >= 0.6 is 0 Å². The largest absolute Gasteiger partial charge is 0.499 e. The summed E-state index contributed by atoms with van der Waals surface area (Å²) < 4.78 is 32.9. The fourth-order valence-electron chi connectivity index (χ4n) is 1.93. The van der Waals surface area contributed by atoms with Crippen molar-refractivity contribution in [3.63, 3.8) is 0 Å². The van der Waals surface area contributed by atoms with Gasteiger partial charge in [-0.1, -0.05) is 30.3 Å². The number of benzene rings is 2. The van der Waals surface area contributed by atoms with Gasteiger partial charge in [0.05, 0.1) is 12.0 Å². The van der Waals surface area contributed by atoms with Crippen LogP contribution in [0.25, 0.3) is 0 Å². The molecule has 1 N–H and O–H groups in total. The number of hydrogen-bond acceptors (Lipinski definition) is 5. The number of phenols is 1. The van der Waals surface area contributed by atoms with E-state index in [1.165, 1.54) is 24.3 Å². The first kappa shape index (κ1) is 15.4. The maximum Gasteiger partial charge on any atom is 0.350 e. The van der Waals surface area contributed by atoms with Gasteiger partial charge in [0.25, 0.3) is 0 Å². The van der Waals surface area contributed by atoms with Crippen LogP contribution in [0.4, 0.5) is 14.5 Å². The van der Waals surface area contributed by atoms with Crippen LogP contribution in [0.3, 0.4) is 0 Å². The van der Waals surface area contributed by atoms with E-state index in [0.29, 0.717) is 0 Å². The number of rotatable bonds is 4. The number of hydrogen-bond donors (Lipinski definition) is 1. The van der Waals surface area contributed by atoms with E-state index in [2.05, 4.69) is 4.74 Å². The van der Waals surface area contributed by atoms with Crippen LogP contribution < -0.4 is 4.74 Å². The Labute approximate surface area is 122 Å². The topological polar surface area (TPSA) is 89.7 Å². The Morgan fingerprint density at radius 2 is 1.82 bits per heavy atom. The summed E-state index contributed by atoms with van der Waals surface area (Å²) in [5.74, 6) is -6.64. The van der Waals surface area contributed by atoms with Crippen LogP contribution in [0.2, 0.25) is 0 Å². The average Bonchev–Trinajstić information content (AvgIpc) is 2.48. The zero-order valence-electron chi connectivity index (χ0n) is 11.2. The highest BCUT2D eigenvalue weighted by atomic mass is 19.1. The molecular weight excluding hydrogens is 300 g/mol. The first-order valence-corrected chi connectivity index (χ1v) is 5.92. The first-order valence-electron chi connectivity index (χ1n) is 5.92. The summed E-state index contributed by atoms with van der Waals surface area (Å²) in [6.07, 6.45) is 0. The van der Waals surface area contributed by atoms with E-state index in [4.69, 9.17) is 0 Å². The number of ether oxygens (including phenoxy) is 1. The predicted molar refractivity (Wildman–Crippen MR) is 71.1 cm³/mol. The van der Waals surface area contributed by atoms with Crippen LogP contribution in [0.5, 0.6) is 11.5 Å². The highest BCUT2D eigenvalue weighted by molar-refractivity contribution is 6.10. The molecule has 0 amide bonds. The molecule has 0 fully saturated rings. The standard InChI is InChI=1S/C14H9F2NO5/c1-22-14-10(16)8(9(15)11(13(14)19)17(20)21)12(18)7-5-3-2-4-6-7/h2-6,19H,1H3. The minimum absolute atomic E-state index is 0.0673. The third kappa shape index (κ3) is 2.34. The van der Waals surface area contributed by atoms with Crippen molar-refractivity contribution < 1.29 is 28.3 Å². The molecular formula is C14H9F2NO5. The second kappa shape index (κ2) is 5.76. The van der Waals surface area contributed by atoms with Crippen LogP contribution in [0, 0.1) is 21.7 Å². The number of nitro benzene ring substituents is 1. The molecule has 0 heterocycles. The predicted octanol–water partition coefficient (Wildman–Crippen LogP) is 2.82. The minimum atomic E-state index is -1.75. The molecule has 0 unspecified atom stereocenters. The highest BCUT2D eigenvalue weighted by Gasteiger charge is 2.35. The number of nitrogens with zero attached hydrogens (tertiary/aromatic N) is 1. The summed E-state index contributed by atoms with van der Waals surface area (Å²) >= 11 is 0. The Morgan fingerprint density at radius 3 is 2.32 bits per heavy atom. The molecule has 0 saturated heterocycles. The molecule has 0 aromatic heterocycles. The van der Waals surface area contributed by atoms with Crippen molar-refractivity contribution in [2.45, 2.75) is 0 Å². The quantitative estimate of drug-likeness (QED) is 0.533. The summed E-state index contributed by atoms with van der Waals surface area (Å²) in [5, 5.41) is 20.4. The van der Waals surface area contributed by atoms with Crippen LogP contribution in [0.15, 0.2) is 30.3 Å². The molecule has 0 aliphatic heterocycles. The van der Waals surface area contributed by atoms with E-state index < -0.39 is 45.1 Å². The van der Waals surface area contributed by atoms with E-state index in [-0.39, 0.29) is 5.56 Å². The lowest BCUT2D eigenvalue weighted by molar-refractivity contribution is -0.388. The van der Waals surface area contributed by atoms with Crippen molar-refractivity contribution in [3.8, 4) is 11.5 Å². The maximum atomic E-state index is 14.2. The zero-order valence-corrected chi connectivity index (χ0v) is 11.2. The van der Waals surface area contributed by atoms with Gasteiger partial charge in [0.2, 0.25) is 17.3 Å². The SMILES string of the molecule is COc1c(O)c([N+](=O)[O-])c(F)c(C(=O)c2ccccc2)c1F. The van der Waals surface area contributed by atoms with Crippen molar-refractivity contribution >= 4 is 11.5 Å². The van der Waals surface area contributed by atoms with E-state index in [9.17, 15) is 28.8 Å². The van der Waals surface area contributed by atoms with Crippen molar-refractivity contribution in [1.82, 2.24) is 0 Å². The first-order chi connectivity index (χ1) is 10.4. The summed E-state index contributed by atoms with van der Waals surface area (Å²) in [4.78, 5) is 21.8. The van der Waals surface area contributed by atoms with Crippen molar-refractivity contribution in [1.29, 1.82) is 0 Å². The smallest absolute Gasteiger partial charge is 0.350 e. The lowest BCUT2D eigenvalue weighted by Gasteiger charge is -2.10. The number of nitro groups is 1. The third-order valence-corrected chi connectivity index (χ3v) is 2.94. The maximum absolute atomic E-state index is 14.2. The molecule has 0 aliphatic rings. The lowest BCUT2D eigenvalue weighted by Crippen LogP contribution is -2.11. The van der Waals surface area contributed by atoms with Gasteiger partial charge in [-0.05, 0) is 0 Å². The second-order valence-corrected chi connectivity index (χ2v) is 4.19. The van der Waals surface area contributed by atoms with Gasteiger partial charge in [-0.15, -0.1) is 0 Å². The van der Waals surface area contributed by atoms with Crippen molar-refractivity contribution in [2.75, 3.05) is 7.11 Å². The Kier molecular flexibility index (Phi) is 4.02. The van der Waals surface area contributed by atoms with E-state index in [1.54, 1.807) is 6.07 Å². The number of aromatic hydroxyl groups is 1. The van der Waals surface area contributed by atoms with Crippen LogP contribution in [0.1, 0.15) is 15.9 Å². The zero-order chi connectivity index (χ0) is 16.4. The molecule has 2 aromatic carbocycles.